The summed E-state index contributed by atoms with van der Waals surface area (Å²) in [5.41, 5.74) is 2.98. The molecule has 2 aromatic rings. The minimum absolute atomic E-state index is 0.435. The average molecular weight is 299 g/mol. The summed E-state index contributed by atoms with van der Waals surface area (Å²) in [6.07, 6.45) is 0. The Morgan fingerprint density at radius 3 is 1.76 bits per heavy atom. The largest absolute Gasteiger partial charge is 0.320 e. The van der Waals surface area contributed by atoms with Crippen LogP contribution in [0.5, 0.6) is 0 Å². The lowest BCUT2D eigenvalue weighted by molar-refractivity contribution is 0.685. The van der Waals surface area contributed by atoms with E-state index in [1.807, 2.05) is 50.2 Å². The van der Waals surface area contributed by atoms with Gasteiger partial charge in [-0.25, -0.2) is 14.2 Å². The quantitative estimate of drug-likeness (QED) is 0.910. The molecule has 6 nitrogen and oxygen atoms in total. The Hall–Kier alpha value is -2.41. The molecule has 0 amide bonds. The van der Waals surface area contributed by atoms with Crippen LogP contribution in [0.25, 0.3) is 0 Å². The Labute approximate surface area is 124 Å². The van der Waals surface area contributed by atoms with Gasteiger partial charge in [0.2, 0.25) is 0 Å². The molecular formula is C14H13N5OS. The first-order valence-corrected chi connectivity index (χ1v) is 7.43. The second-order valence-electron chi connectivity index (χ2n) is 4.56. The molecule has 106 valence electrons. The summed E-state index contributed by atoms with van der Waals surface area (Å²) >= 11 is -1.68. The lowest BCUT2D eigenvalue weighted by Crippen LogP contribution is -2.36. The van der Waals surface area contributed by atoms with Crippen LogP contribution in [0.4, 0.5) is 0 Å². The highest BCUT2D eigenvalue weighted by molar-refractivity contribution is 7.82. The van der Waals surface area contributed by atoms with E-state index >= 15 is 0 Å². The minimum Gasteiger partial charge on any atom is -0.320 e. The molecule has 0 unspecified atom stereocenters. The van der Waals surface area contributed by atoms with Gasteiger partial charge in [-0.2, -0.15) is 0 Å². The molecule has 0 radical (unpaired) electrons. The van der Waals surface area contributed by atoms with Gasteiger partial charge in [-0.15, -0.1) is 8.80 Å². The van der Waals surface area contributed by atoms with E-state index in [-0.39, 0.29) is 0 Å². The molecular weight excluding hydrogens is 286 g/mol. The SMILES string of the molecule is Cc1cccc(C2=NS(=O)N=C(c3cccc(C)n3)N2)n1. The Morgan fingerprint density at radius 1 is 0.857 bits per heavy atom. The average Bonchev–Trinajstić information content (AvgIpc) is 2.46. The Kier molecular flexibility index (Phi) is 3.57. The molecule has 3 rings (SSSR count). The van der Waals surface area contributed by atoms with E-state index in [0.717, 1.165) is 11.4 Å². The third-order valence-electron chi connectivity index (χ3n) is 2.84. The Morgan fingerprint density at radius 2 is 1.33 bits per heavy atom. The molecule has 1 aliphatic rings. The summed E-state index contributed by atoms with van der Waals surface area (Å²) in [5.74, 6) is 0.871. The number of rotatable bonds is 2. The molecule has 21 heavy (non-hydrogen) atoms. The van der Waals surface area contributed by atoms with Crippen LogP contribution in [0.1, 0.15) is 22.8 Å². The number of hydrogen-bond acceptors (Lipinski definition) is 4. The first-order chi connectivity index (χ1) is 10.1. The van der Waals surface area contributed by atoms with Gasteiger partial charge >= 0.3 is 0 Å². The molecule has 0 saturated heterocycles. The topological polar surface area (TPSA) is 79.6 Å². The standard InChI is InChI=1S/C14H13N5OS/c1-9-5-3-7-11(15-9)13-17-14(19-21(20)18-13)12-8-4-6-10(2)16-12/h3-8H,1-2H3,(H,17,18,19). The summed E-state index contributed by atoms with van der Waals surface area (Å²) in [4.78, 5) is 8.75. The van der Waals surface area contributed by atoms with E-state index < -0.39 is 11.2 Å². The fraction of sp³-hybridized carbons (Fsp3) is 0.143. The van der Waals surface area contributed by atoms with Crippen LogP contribution in [0.2, 0.25) is 0 Å². The van der Waals surface area contributed by atoms with Gasteiger partial charge in [0.15, 0.2) is 11.7 Å². The molecule has 7 heteroatoms. The van der Waals surface area contributed by atoms with Crippen molar-refractivity contribution < 1.29 is 4.21 Å². The monoisotopic (exact) mass is 299 g/mol. The molecule has 0 aliphatic carbocycles. The molecule has 2 aromatic heterocycles. The number of pyridine rings is 2. The van der Waals surface area contributed by atoms with Crippen LogP contribution in [-0.2, 0) is 11.2 Å². The van der Waals surface area contributed by atoms with Crippen molar-refractivity contribution in [2.24, 2.45) is 8.80 Å². The third-order valence-corrected chi connectivity index (χ3v) is 3.51. The van der Waals surface area contributed by atoms with Gasteiger partial charge in [-0.05, 0) is 38.1 Å². The van der Waals surface area contributed by atoms with Crippen molar-refractivity contribution >= 4 is 22.8 Å². The van der Waals surface area contributed by atoms with Gasteiger partial charge < -0.3 is 5.32 Å². The lowest BCUT2D eigenvalue weighted by Gasteiger charge is -2.14. The second kappa shape index (κ2) is 5.53. The molecule has 0 spiro atoms. The van der Waals surface area contributed by atoms with Crippen molar-refractivity contribution in [3.05, 3.63) is 59.2 Å². The zero-order valence-electron chi connectivity index (χ0n) is 11.6. The Bertz CT molecular complexity index is 721. The molecule has 3 heterocycles. The highest BCUT2D eigenvalue weighted by Gasteiger charge is 2.18. The number of nitrogens with zero attached hydrogens (tertiary/aromatic N) is 4. The van der Waals surface area contributed by atoms with Gasteiger partial charge in [0.05, 0.1) is 0 Å². The zero-order valence-corrected chi connectivity index (χ0v) is 12.4. The second-order valence-corrected chi connectivity index (χ2v) is 5.39. The number of nitrogens with one attached hydrogen (secondary N) is 1. The lowest BCUT2D eigenvalue weighted by atomic mass is 10.2. The van der Waals surface area contributed by atoms with E-state index in [2.05, 4.69) is 24.1 Å². The molecule has 0 fully saturated rings. The van der Waals surface area contributed by atoms with E-state index in [0.29, 0.717) is 23.1 Å². The van der Waals surface area contributed by atoms with Crippen molar-refractivity contribution in [2.75, 3.05) is 0 Å². The molecule has 0 bridgehead atoms. The van der Waals surface area contributed by atoms with Crippen molar-refractivity contribution in [3.8, 4) is 0 Å². The highest BCUT2D eigenvalue weighted by Crippen LogP contribution is 2.08. The molecule has 1 N–H and O–H groups in total. The number of amidine groups is 2. The van der Waals surface area contributed by atoms with Gasteiger partial charge in [0.25, 0.3) is 11.2 Å². The predicted molar refractivity (Wildman–Crippen MR) is 82.3 cm³/mol. The van der Waals surface area contributed by atoms with Gasteiger partial charge in [-0.3, -0.25) is 0 Å². The molecule has 1 aliphatic heterocycles. The van der Waals surface area contributed by atoms with Crippen molar-refractivity contribution in [1.82, 2.24) is 15.3 Å². The first-order valence-electron chi connectivity index (χ1n) is 6.36. The van der Waals surface area contributed by atoms with Crippen LogP contribution in [-0.4, -0.2) is 25.8 Å². The van der Waals surface area contributed by atoms with Gasteiger partial charge in [0.1, 0.15) is 11.4 Å². The maximum Gasteiger partial charge on any atom is 0.269 e. The molecule has 0 atom stereocenters. The van der Waals surface area contributed by atoms with Crippen LogP contribution in [0.3, 0.4) is 0 Å². The maximum atomic E-state index is 11.8. The van der Waals surface area contributed by atoms with E-state index in [1.54, 1.807) is 0 Å². The summed E-state index contributed by atoms with van der Waals surface area (Å²) in [6.45, 7) is 3.78. The van der Waals surface area contributed by atoms with E-state index in [4.69, 9.17) is 0 Å². The van der Waals surface area contributed by atoms with Gasteiger partial charge in [-0.1, -0.05) is 12.1 Å². The molecule has 0 aromatic carbocycles. The van der Waals surface area contributed by atoms with Crippen molar-refractivity contribution in [3.63, 3.8) is 0 Å². The fourth-order valence-electron chi connectivity index (χ4n) is 1.91. The van der Waals surface area contributed by atoms with Crippen molar-refractivity contribution in [2.45, 2.75) is 13.8 Å². The van der Waals surface area contributed by atoms with E-state index in [1.165, 1.54) is 0 Å². The number of aromatic nitrogens is 2. The fourth-order valence-corrected chi connectivity index (χ4v) is 2.54. The van der Waals surface area contributed by atoms with Crippen LogP contribution >= 0.6 is 0 Å². The number of hydrogen-bond donors (Lipinski definition) is 1. The third kappa shape index (κ3) is 3.03. The zero-order chi connectivity index (χ0) is 14.8. The predicted octanol–water partition coefficient (Wildman–Crippen LogP) is 1.47. The highest BCUT2D eigenvalue weighted by atomic mass is 32.2. The maximum absolute atomic E-state index is 11.8. The van der Waals surface area contributed by atoms with E-state index in [9.17, 15) is 4.21 Å². The smallest absolute Gasteiger partial charge is 0.269 e. The first kappa shape index (κ1) is 13.6. The summed E-state index contributed by atoms with van der Waals surface area (Å²) in [6, 6.07) is 11.1. The molecule has 0 saturated carbocycles. The Balaban J connectivity index is 1.96. The van der Waals surface area contributed by atoms with Gasteiger partial charge in [0, 0.05) is 11.4 Å². The minimum atomic E-state index is -1.68. The summed E-state index contributed by atoms with van der Waals surface area (Å²) < 4.78 is 19.8. The van der Waals surface area contributed by atoms with Crippen LogP contribution < -0.4 is 5.32 Å². The van der Waals surface area contributed by atoms with Crippen molar-refractivity contribution in [1.29, 1.82) is 0 Å². The summed E-state index contributed by atoms with van der Waals surface area (Å²) in [7, 11) is 0. The van der Waals surface area contributed by atoms with Crippen LogP contribution in [0.15, 0.2) is 45.2 Å². The normalized spacial score (nSPS) is 15.1. The number of aryl methyl sites for hydroxylation is 2. The summed E-state index contributed by atoms with van der Waals surface area (Å²) in [5, 5.41) is 3.05. The van der Waals surface area contributed by atoms with Crippen LogP contribution in [0, 0.1) is 13.8 Å².